The van der Waals surface area contributed by atoms with Crippen molar-refractivity contribution in [1.29, 1.82) is 5.26 Å². The first-order valence-electron chi connectivity index (χ1n) is 9.74. The molecule has 1 aliphatic carbocycles. The van der Waals surface area contributed by atoms with E-state index in [1.54, 1.807) is 5.56 Å². The number of rotatable bonds is 3. The summed E-state index contributed by atoms with van der Waals surface area (Å²) in [6.45, 7) is 2.10. The number of benzene rings is 3. The molecule has 0 N–H and O–H groups in total. The molecule has 0 unspecified atom stereocenters. The van der Waals surface area contributed by atoms with Gasteiger partial charge in [0, 0.05) is 12.6 Å². The van der Waals surface area contributed by atoms with Gasteiger partial charge in [0.15, 0.2) is 0 Å². The topological polar surface area (TPSA) is 27.0 Å². The maximum atomic E-state index is 9.00. The molecule has 3 aromatic carbocycles. The zero-order valence-corrected chi connectivity index (χ0v) is 15.3. The monoisotopic (exact) mass is 350 g/mol. The Bertz CT molecular complexity index is 999. The summed E-state index contributed by atoms with van der Waals surface area (Å²) < 4.78 is 0. The summed E-state index contributed by atoms with van der Waals surface area (Å²) in [5.41, 5.74) is 7.71. The fraction of sp³-hybridized carbons (Fsp3) is 0.240. The van der Waals surface area contributed by atoms with Crippen LogP contribution in [0.4, 0.5) is 0 Å². The molecule has 1 aliphatic heterocycles. The van der Waals surface area contributed by atoms with Crippen molar-refractivity contribution in [3.63, 3.8) is 0 Å². The molecule has 0 amide bonds. The van der Waals surface area contributed by atoms with Crippen molar-refractivity contribution in [2.45, 2.75) is 31.3 Å². The van der Waals surface area contributed by atoms with Crippen LogP contribution in [-0.2, 0) is 6.54 Å². The highest BCUT2D eigenvalue weighted by Gasteiger charge is 2.38. The van der Waals surface area contributed by atoms with Gasteiger partial charge >= 0.3 is 0 Å². The number of hydrogen-bond donors (Lipinski definition) is 0. The maximum Gasteiger partial charge on any atom is 0.0991 e. The smallest absolute Gasteiger partial charge is 0.0991 e. The summed E-state index contributed by atoms with van der Waals surface area (Å²) in [7, 11) is 0. The normalized spacial score (nSPS) is 20.9. The van der Waals surface area contributed by atoms with E-state index in [2.05, 4.69) is 71.6 Å². The highest BCUT2D eigenvalue weighted by Crippen LogP contribution is 2.50. The number of hydrogen-bond acceptors (Lipinski definition) is 2. The Balaban J connectivity index is 1.45. The quantitative estimate of drug-likeness (QED) is 0.609. The summed E-state index contributed by atoms with van der Waals surface area (Å²) >= 11 is 0. The van der Waals surface area contributed by atoms with Crippen molar-refractivity contribution in [3.05, 3.63) is 95.1 Å². The lowest BCUT2D eigenvalue weighted by Crippen LogP contribution is -2.31. The van der Waals surface area contributed by atoms with Crippen LogP contribution in [-0.4, -0.2) is 11.4 Å². The van der Waals surface area contributed by atoms with Crippen LogP contribution in [0.5, 0.6) is 0 Å². The predicted octanol–water partition coefficient (Wildman–Crippen LogP) is 5.66. The summed E-state index contributed by atoms with van der Waals surface area (Å²) in [5.74, 6) is 0.715. The molecular weight excluding hydrogens is 328 g/mol. The number of piperidine rings is 1. The van der Waals surface area contributed by atoms with E-state index < -0.39 is 0 Å². The third-order valence-corrected chi connectivity index (χ3v) is 6.17. The maximum absolute atomic E-state index is 9.00. The average Bonchev–Trinajstić information content (AvgIpc) is 3.04. The summed E-state index contributed by atoms with van der Waals surface area (Å²) in [6.07, 6.45) is 2.48. The highest BCUT2D eigenvalue weighted by molar-refractivity contribution is 5.66. The Morgan fingerprint density at radius 1 is 0.889 bits per heavy atom. The fourth-order valence-electron chi connectivity index (χ4n) is 4.77. The van der Waals surface area contributed by atoms with E-state index in [9.17, 15) is 0 Å². The summed E-state index contributed by atoms with van der Waals surface area (Å²) in [4.78, 5) is 2.62. The van der Waals surface area contributed by atoms with Crippen LogP contribution in [0.25, 0.3) is 11.1 Å². The Kier molecular flexibility index (Phi) is 4.03. The lowest BCUT2D eigenvalue weighted by molar-refractivity contribution is 0.145. The highest BCUT2D eigenvalue weighted by atomic mass is 15.2. The van der Waals surface area contributed by atoms with Crippen molar-refractivity contribution in [3.8, 4) is 17.2 Å². The van der Waals surface area contributed by atoms with E-state index in [1.165, 1.54) is 35.1 Å². The Morgan fingerprint density at radius 2 is 1.70 bits per heavy atom. The van der Waals surface area contributed by atoms with Crippen LogP contribution in [0.2, 0.25) is 0 Å². The van der Waals surface area contributed by atoms with Gasteiger partial charge in [-0.05, 0) is 71.3 Å². The van der Waals surface area contributed by atoms with E-state index in [4.69, 9.17) is 5.26 Å². The third-order valence-electron chi connectivity index (χ3n) is 6.17. The summed E-state index contributed by atoms with van der Waals surface area (Å²) in [6, 6.07) is 28.5. The molecule has 1 fully saturated rings. The van der Waals surface area contributed by atoms with Crippen LogP contribution in [0.15, 0.2) is 72.8 Å². The lowest BCUT2D eigenvalue weighted by atomic mass is 9.94. The Labute approximate surface area is 160 Å². The van der Waals surface area contributed by atoms with Gasteiger partial charge in [-0.25, -0.2) is 0 Å². The van der Waals surface area contributed by atoms with Crippen molar-refractivity contribution >= 4 is 0 Å². The molecule has 2 nitrogen and oxygen atoms in total. The van der Waals surface area contributed by atoms with Gasteiger partial charge in [0.1, 0.15) is 0 Å². The number of fused-ring (bicyclic) bond motifs is 5. The van der Waals surface area contributed by atoms with Gasteiger partial charge in [-0.3, -0.25) is 4.90 Å². The van der Waals surface area contributed by atoms with E-state index in [1.807, 2.05) is 12.1 Å². The van der Waals surface area contributed by atoms with Crippen molar-refractivity contribution in [2.24, 2.45) is 0 Å². The average molecular weight is 350 g/mol. The van der Waals surface area contributed by atoms with Crippen molar-refractivity contribution in [2.75, 3.05) is 6.54 Å². The molecule has 132 valence electrons. The Hall–Kier alpha value is -2.89. The van der Waals surface area contributed by atoms with Gasteiger partial charge in [0.25, 0.3) is 0 Å². The van der Waals surface area contributed by atoms with E-state index >= 15 is 0 Å². The molecule has 2 aliphatic rings. The van der Waals surface area contributed by atoms with Gasteiger partial charge in [0.2, 0.25) is 0 Å². The largest absolute Gasteiger partial charge is 0.292 e. The number of likely N-dealkylation sites (tertiary alicyclic amines) is 1. The summed E-state index contributed by atoms with van der Waals surface area (Å²) in [5, 5.41) is 9.00. The molecule has 1 saturated heterocycles. The molecule has 2 bridgehead atoms. The van der Waals surface area contributed by atoms with Crippen LogP contribution < -0.4 is 0 Å². The second-order valence-corrected chi connectivity index (χ2v) is 7.73. The minimum absolute atomic E-state index is 0.512. The van der Waals surface area contributed by atoms with Crippen LogP contribution in [0.3, 0.4) is 0 Å². The fourth-order valence-corrected chi connectivity index (χ4v) is 4.77. The first-order valence-corrected chi connectivity index (χ1v) is 9.74. The molecule has 0 saturated carbocycles. The first kappa shape index (κ1) is 16.3. The molecule has 5 rings (SSSR count). The van der Waals surface area contributed by atoms with Crippen molar-refractivity contribution in [1.82, 2.24) is 4.90 Å². The number of nitrogens with zero attached hydrogens (tertiary/aromatic N) is 2. The SMILES string of the molecule is N#Cc1ccc(CN2CC[C@@H]3C[C@H]2c2cc(-c4ccccc4)ccc23)cc1. The molecule has 0 aromatic heterocycles. The van der Waals surface area contributed by atoms with Gasteiger partial charge < -0.3 is 0 Å². The zero-order valence-electron chi connectivity index (χ0n) is 15.3. The minimum Gasteiger partial charge on any atom is -0.292 e. The van der Waals surface area contributed by atoms with Crippen LogP contribution in [0.1, 0.15) is 47.1 Å². The molecule has 0 spiro atoms. The van der Waals surface area contributed by atoms with Gasteiger partial charge in [-0.15, -0.1) is 0 Å². The molecule has 2 heteroatoms. The second kappa shape index (κ2) is 6.68. The standard InChI is InChI=1S/C25H22N2/c26-16-18-6-8-19(9-7-18)17-27-13-12-22-15-25(27)24-14-21(10-11-23(22)24)20-4-2-1-3-5-20/h1-11,14,22,25H,12-13,15,17H2/t22-,25+/m1/s1. The van der Waals surface area contributed by atoms with Crippen LogP contribution in [0, 0.1) is 11.3 Å². The molecule has 27 heavy (non-hydrogen) atoms. The Morgan fingerprint density at radius 3 is 2.48 bits per heavy atom. The van der Waals surface area contributed by atoms with E-state index in [-0.39, 0.29) is 0 Å². The van der Waals surface area contributed by atoms with Gasteiger partial charge in [0.05, 0.1) is 11.6 Å². The molecule has 0 radical (unpaired) electrons. The zero-order chi connectivity index (χ0) is 18.2. The van der Waals surface area contributed by atoms with Gasteiger partial charge in [-0.2, -0.15) is 5.26 Å². The molecule has 1 heterocycles. The van der Waals surface area contributed by atoms with E-state index in [0.717, 1.165) is 18.7 Å². The molecule has 3 aromatic rings. The van der Waals surface area contributed by atoms with E-state index in [0.29, 0.717) is 12.0 Å². The van der Waals surface area contributed by atoms with Crippen LogP contribution >= 0.6 is 0 Å². The lowest BCUT2D eigenvalue weighted by Gasteiger charge is -2.33. The number of nitriles is 1. The molecule has 2 atom stereocenters. The molecular formula is C25H22N2. The second-order valence-electron chi connectivity index (χ2n) is 7.73. The predicted molar refractivity (Wildman–Crippen MR) is 108 cm³/mol. The third kappa shape index (κ3) is 2.95. The first-order chi connectivity index (χ1) is 13.3. The van der Waals surface area contributed by atoms with Gasteiger partial charge in [-0.1, -0.05) is 54.6 Å². The van der Waals surface area contributed by atoms with Crippen molar-refractivity contribution < 1.29 is 0 Å². The minimum atomic E-state index is 0.512.